The number of rotatable bonds is 3. The third kappa shape index (κ3) is 2.89. The fourth-order valence-electron chi connectivity index (χ4n) is 1.83. The summed E-state index contributed by atoms with van der Waals surface area (Å²) in [6.07, 6.45) is 1.94. The Kier molecular flexibility index (Phi) is 3.53. The van der Waals surface area contributed by atoms with Crippen LogP contribution in [0.1, 0.15) is 6.92 Å². The molecule has 0 aromatic carbocycles. The molecule has 0 aliphatic carbocycles. The van der Waals surface area contributed by atoms with Gasteiger partial charge in [0, 0.05) is 36.8 Å². The van der Waals surface area contributed by atoms with Crippen molar-refractivity contribution in [3.63, 3.8) is 0 Å². The summed E-state index contributed by atoms with van der Waals surface area (Å²) in [6, 6.07) is 2.53. The van der Waals surface area contributed by atoms with Gasteiger partial charge in [-0.1, -0.05) is 0 Å². The predicted molar refractivity (Wildman–Crippen MR) is 65.0 cm³/mol. The highest BCUT2D eigenvalue weighted by molar-refractivity contribution is 7.99. The molecule has 1 saturated heterocycles. The number of nitrogen functional groups attached to an aromatic ring is 1. The molecule has 5 heteroatoms. The fraction of sp³-hybridized carbons (Fsp3) is 0.700. The molecule has 1 aliphatic heterocycles. The number of hydrogen-bond donors (Lipinski definition) is 1. The Morgan fingerprint density at radius 3 is 3.13 bits per heavy atom. The Morgan fingerprint density at radius 2 is 2.47 bits per heavy atom. The molecule has 15 heavy (non-hydrogen) atoms. The van der Waals surface area contributed by atoms with Gasteiger partial charge < -0.3 is 5.73 Å². The maximum Gasteiger partial charge on any atom is 0.145 e. The fourth-order valence-corrected chi connectivity index (χ4v) is 2.91. The van der Waals surface area contributed by atoms with Gasteiger partial charge in [-0.25, -0.2) is 0 Å². The van der Waals surface area contributed by atoms with Gasteiger partial charge in [-0.2, -0.15) is 16.9 Å². The Balaban J connectivity index is 1.81. The van der Waals surface area contributed by atoms with Crippen LogP contribution in [-0.2, 0) is 6.54 Å². The van der Waals surface area contributed by atoms with Crippen molar-refractivity contribution in [3.8, 4) is 0 Å². The number of anilines is 1. The molecule has 84 valence electrons. The summed E-state index contributed by atoms with van der Waals surface area (Å²) in [5.74, 6) is 3.12. The molecule has 2 N–H and O–H groups in total. The monoisotopic (exact) mass is 226 g/mol. The molecule has 1 aromatic rings. The largest absolute Gasteiger partial charge is 0.382 e. The van der Waals surface area contributed by atoms with Crippen LogP contribution >= 0.6 is 11.8 Å². The van der Waals surface area contributed by atoms with Crippen LogP contribution in [0.3, 0.4) is 0 Å². The van der Waals surface area contributed by atoms with E-state index in [0.717, 1.165) is 13.1 Å². The smallest absolute Gasteiger partial charge is 0.145 e. The van der Waals surface area contributed by atoms with Gasteiger partial charge in [0.1, 0.15) is 5.82 Å². The topological polar surface area (TPSA) is 47.1 Å². The molecular formula is C10H18N4S. The number of nitrogens with zero attached hydrogens (tertiary/aromatic N) is 3. The zero-order valence-corrected chi connectivity index (χ0v) is 9.91. The van der Waals surface area contributed by atoms with Crippen LogP contribution in [0.4, 0.5) is 5.82 Å². The summed E-state index contributed by atoms with van der Waals surface area (Å²) < 4.78 is 1.92. The van der Waals surface area contributed by atoms with Crippen LogP contribution in [0.5, 0.6) is 0 Å². The van der Waals surface area contributed by atoms with E-state index in [9.17, 15) is 0 Å². The molecule has 2 heterocycles. The normalized spacial score (nSPS) is 23.1. The first-order valence-corrected chi connectivity index (χ1v) is 6.52. The molecule has 0 amide bonds. The summed E-state index contributed by atoms with van der Waals surface area (Å²) in [4.78, 5) is 2.52. The van der Waals surface area contributed by atoms with Crippen molar-refractivity contribution < 1.29 is 0 Å². The van der Waals surface area contributed by atoms with Gasteiger partial charge in [-0.05, 0) is 13.0 Å². The summed E-state index contributed by atoms with van der Waals surface area (Å²) in [5, 5.41) is 4.18. The van der Waals surface area contributed by atoms with Gasteiger partial charge in [0.05, 0.1) is 6.54 Å². The minimum Gasteiger partial charge on any atom is -0.382 e. The summed E-state index contributed by atoms with van der Waals surface area (Å²) in [7, 11) is 0. The zero-order chi connectivity index (χ0) is 10.7. The van der Waals surface area contributed by atoms with E-state index in [4.69, 9.17) is 5.73 Å². The van der Waals surface area contributed by atoms with Gasteiger partial charge >= 0.3 is 0 Å². The van der Waals surface area contributed by atoms with Crippen molar-refractivity contribution >= 4 is 17.6 Å². The Hall–Kier alpha value is -0.680. The lowest BCUT2D eigenvalue weighted by Gasteiger charge is -2.32. The average Bonchev–Trinajstić information content (AvgIpc) is 2.63. The standard InChI is InChI=1S/C10H18N4S/c1-9-8-15-7-6-13(9)4-5-14-3-2-10(11)12-14/h2-3,9H,4-8H2,1H3,(H2,11,12). The molecule has 0 radical (unpaired) electrons. The quantitative estimate of drug-likeness (QED) is 0.832. The van der Waals surface area contributed by atoms with Crippen molar-refractivity contribution in [2.75, 3.05) is 30.3 Å². The first kappa shape index (κ1) is 10.8. The van der Waals surface area contributed by atoms with Gasteiger partial charge in [0.15, 0.2) is 0 Å². The number of aromatic nitrogens is 2. The SMILES string of the molecule is CC1CSCCN1CCn1ccc(N)n1. The molecule has 0 bridgehead atoms. The summed E-state index contributed by atoms with van der Waals surface area (Å²) in [6.45, 7) is 5.50. The second-order valence-corrected chi connectivity index (χ2v) is 5.11. The van der Waals surface area contributed by atoms with E-state index < -0.39 is 0 Å². The van der Waals surface area contributed by atoms with Crippen molar-refractivity contribution in [2.24, 2.45) is 0 Å². The molecule has 1 unspecified atom stereocenters. The maximum atomic E-state index is 5.57. The number of thioether (sulfide) groups is 1. The van der Waals surface area contributed by atoms with Crippen LogP contribution in [0, 0.1) is 0 Å². The molecule has 0 spiro atoms. The Morgan fingerprint density at radius 1 is 1.60 bits per heavy atom. The molecule has 4 nitrogen and oxygen atoms in total. The lowest BCUT2D eigenvalue weighted by Crippen LogP contribution is -2.42. The van der Waals surface area contributed by atoms with Crippen molar-refractivity contribution in [1.29, 1.82) is 0 Å². The van der Waals surface area contributed by atoms with Crippen LogP contribution in [-0.4, -0.2) is 45.3 Å². The summed E-state index contributed by atoms with van der Waals surface area (Å²) >= 11 is 2.05. The zero-order valence-electron chi connectivity index (χ0n) is 9.09. The van der Waals surface area contributed by atoms with Crippen LogP contribution in [0.15, 0.2) is 12.3 Å². The van der Waals surface area contributed by atoms with E-state index >= 15 is 0 Å². The Labute approximate surface area is 94.8 Å². The molecule has 1 aliphatic rings. The minimum atomic E-state index is 0.609. The van der Waals surface area contributed by atoms with Crippen molar-refractivity contribution in [2.45, 2.75) is 19.5 Å². The van der Waals surface area contributed by atoms with Gasteiger partial charge in [0.2, 0.25) is 0 Å². The molecule has 0 saturated carbocycles. The molecule has 1 aromatic heterocycles. The molecular weight excluding hydrogens is 208 g/mol. The highest BCUT2D eigenvalue weighted by Crippen LogP contribution is 2.15. The average molecular weight is 226 g/mol. The lowest BCUT2D eigenvalue weighted by molar-refractivity contribution is 0.220. The van der Waals surface area contributed by atoms with E-state index in [1.807, 2.05) is 28.7 Å². The van der Waals surface area contributed by atoms with Crippen LogP contribution < -0.4 is 5.73 Å². The van der Waals surface area contributed by atoms with E-state index in [1.165, 1.54) is 18.1 Å². The highest BCUT2D eigenvalue weighted by atomic mass is 32.2. The number of hydrogen-bond acceptors (Lipinski definition) is 4. The van der Waals surface area contributed by atoms with Crippen molar-refractivity contribution in [3.05, 3.63) is 12.3 Å². The van der Waals surface area contributed by atoms with Gasteiger partial charge in [-0.15, -0.1) is 0 Å². The first-order chi connectivity index (χ1) is 7.25. The minimum absolute atomic E-state index is 0.609. The first-order valence-electron chi connectivity index (χ1n) is 5.36. The van der Waals surface area contributed by atoms with E-state index in [2.05, 4.69) is 16.9 Å². The van der Waals surface area contributed by atoms with Crippen LogP contribution in [0.2, 0.25) is 0 Å². The third-order valence-electron chi connectivity index (χ3n) is 2.78. The lowest BCUT2D eigenvalue weighted by atomic mass is 10.3. The highest BCUT2D eigenvalue weighted by Gasteiger charge is 2.17. The third-order valence-corrected chi connectivity index (χ3v) is 3.97. The van der Waals surface area contributed by atoms with E-state index in [0.29, 0.717) is 11.9 Å². The van der Waals surface area contributed by atoms with Gasteiger partial charge in [-0.3, -0.25) is 9.58 Å². The van der Waals surface area contributed by atoms with Gasteiger partial charge in [0.25, 0.3) is 0 Å². The second-order valence-electron chi connectivity index (χ2n) is 3.96. The molecule has 1 atom stereocenters. The predicted octanol–water partition coefficient (Wildman–Crippen LogP) is 0.903. The van der Waals surface area contributed by atoms with Crippen LogP contribution in [0.25, 0.3) is 0 Å². The van der Waals surface area contributed by atoms with E-state index in [1.54, 1.807) is 0 Å². The van der Waals surface area contributed by atoms with Crippen molar-refractivity contribution in [1.82, 2.24) is 14.7 Å². The molecule has 1 fully saturated rings. The Bertz CT molecular complexity index is 312. The number of nitrogens with two attached hydrogens (primary N) is 1. The maximum absolute atomic E-state index is 5.57. The summed E-state index contributed by atoms with van der Waals surface area (Å²) in [5.41, 5.74) is 5.57. The molecule has 2 rings (SSSR count). The second kappa shape index (κ2) is 4.90. The van der Waals surface area contributed by atoms with E-state index in [-0.39, 0.29) is 0 Å².